The number of aromatic nitrogens is 3. The average Bonchev–Trinajstić information content (AvgIpc) is 2.69. The molecule has 0 fully saturated rings. The van der Waals surface area contributed by atoms with E-state index in [1.807, 2.05) is 18.4 Å². The first-order valence-electron chi connectivity index (χ1n) is 3.89. The van der Waals surface area contributed by atoms with Crippen LogP contribution in [0.1, 0.15) is 5.56 Å². The van der Waals surface area contributed by atoms with Crippen LogP contribution in [0.3, 0.4) is 0 Å². The SMILES string of the molecule is Cc1csc(-c2n[nH]c(S(=O)(=O)Cl)n2)c1. The van der Waals surface area contributed by atoms with E-state index < -0.39 is 9.05 Å². The van der Waals surface area contributed by atoms with Crippen molar-refractivity contribution >= 4 is 31.1 Å². The first-order valence-corrected chi connectivity index (χ1v) is 7.08. The smallest absolute Gasteiger partial charge is 0.248 e. The monoisotopic (exact) mass is 263 g/mol. The van der Waals surface area contributed by atoms with Crippen LogP contribution in [-0.2, 0) is 9.05 Å². The molecule has 0 amide bonds. The Morgan fingerprint density at radius 3 is 2.73 bits per heavy atom. The number of hydrogen-bond acceptors (Lipinski definition) is 5. The zero-order valence-electron chi connectivity index (χ0n) is 7.56. The molecule has 0 atom stereocenters. The van der Waals surface area contributed by atoms with Gasteiger partial charge in [-0.2, -0.15) is 10.1 Å². The molecular formula is C7H6ClN3O2S2. The summed E-state index contributed by atoms with van der Waals surface area (Å²) < 4.78 is 21.8. The third-order valence-corrected chi connectivity index (χ3v) is 3.77. The van der Waals surface area contributed by atoms with Crippen molar-refractivity contribution in [3.05, 3.63) is 17.0 Å². The van der Waals surface area contributed by atoms with Gasteiger partial charge in [-0.05, 0) is 23.9 Å². The lowest BCUT2D eigenvalue weighted by atomic mass is 10.3. The second kappa shape index (κ2) is 3.58. The summed E-state index contributed by atoms with van der Waals surface area (Å²) in [7, 11) is 1.27. The fraction of sp³-hybridized carbons (Fsp3) is 0.143. The van der Waals surface area contributed by atoms with Gasteiger partial charge >= 0.3 is 0 Å². The summed E-state index contributed by atoms with van der Waals surface area (Å²) in [6, 6.07) is 1.87. The van der Waals surface area contributed by atoms with Gasteiger partial charge in [0.05, 0.1) is 4.88 Å². The third-order valence-electron chi connectivity index (χ3n) is 1.65. The van der Waals surface area contributed by atoms with Crippen LogP contribution in [0, 0.1) is 6.92 Å². The summed E-state index contributed by atoms with van der Waals surface area (Å²) in [6.07, 6.45) is 0. The van der Waals surface area contributed by atoms with Crippen molar-refractivity contribution in [3.8, 4) is 10.7 Å². The molecule has 2 aromatic heterocycles. The average molecular weight is 264 g/mol. The molecule has 0 aliphatic heterocycles. The van der Waals surface area contributed by atoms with Crippen molar-refractivity contribution in [3.63, 3.8) is 0 Å². The highest BCUT2D eigenvalue weighted by molar-refractivity contribution is 8.13. The standard InChI is InChI=1S/C7H6ClN3O2S2/c1-4-2-5(14-3-4)6-9-7(11-10-6)15(8,12)13/h2-3H,1H3,(H,9,10,11). The van der Waals surface area contributed by atoms with Crippen molar-refractivity contribution in [1.82, 2.24) is 15.2 Å². The minimum absolute atomic E-state index is 0.329. The van der Waals surface area contributed by atoms with E-state index in [9.17, 15) is 8.42 Å². The van der Waals surface area contributed by atoms with Crippen molar-refractivity contribution in [2.24, 2.45) is 0 Å². The van der Waals surface area contributed by atoms with Gasteiger partial charge in [-0.25, -0.2) is 13.5 Å². The highest BCUT2D eigenvalue weighted by atomic mass is 35.7. The second-order valence-corrected chi connectivity index (χ2v) is 6.28. The second-order valence-electron chi connectivity index (χ2n) is 2.89. The van der Waals surface area contributed by atoms with Gasteiger partial charge in [-0.1, -0.05) is 0 Å². The Kier molecular flexibility index (Phi) is 2.53. The Hall–Kier alpha value is -0.920. The Morgan fingerprint density at radius 2 is 2.27 bits per heavy atom. The number of aryl methyl sites for hydroxylation is 1. The van der Waals surface area contributed by atoms with Gasteiger partial charge in [0.15, 0.2) is 5.82 Å². The van der Waals surface area contributed by atoms with Crippen LogP contribution in [0.25, 0.3) is 10.7 Å². The highest BCUT2D eigenvalue weighted by Crippen LogP contribution is 2.24. The maximum absolute atomic E-state index is 10.9. The summed E-state index contributed by atoms with van der Waals surface area (Å²) >= 11 is 1.44. The molecule has 1 N–H and O–H groups in total. The molecule has 0 aliphatic carbocycles. The number of H-pyrrole nitrogens is 1. The maximum Gasteiger partial charge on any atom is 0.296 e. The van der Waals surface area contributed by atoms with Crippen LogP contribution in [0.15, 0.2) is 16.6 Å². The summed E-state index contributed by atoms with van der Waals surface area (Å²) in [4.78, 5) is 4.59. The van der Waals surface area contributed by atoms with Crippen molar-refractivity contribution in [2.45, 2.75) is 12.1 Å². The lowest BCUT2D eigenvalue weighted by molar-refractivity contribution is 0.602. The van der Waals surface area contributed by atoms with E-state index in [1.54, 1.807) is 0 Å². The molecular weight excluding hydrogens is 258 g/mol. The molecule has 0 bridgehead atoms. The van der Waals surface area contributed by atoms with Crippen LogP contribution >= 0.6 is 22.0 Å². The number of halogens is 1. The van der Waals surface area contributed by atoms with Gasteiger partial charge in [0, 0.05) is 10.7 Å². The van der Waals surface area contributed by atoms with E-state index >= 15 is 0 Å². The Labute approximate surface area is 94.5 Å². The van der Waals surface area contributed by atoms with Crippen molar-refractivity contribution in [1.29, 1.82) is 0 Å². The number of aromatic amines is 1. The maximum atomic E-state index is 10.9. The number of nitrogens with zero attached hydrogens (tertiary/aromatic N) is 2. The summed E-state index contributed by atoms with van der Waals surface area (Å²) in [6.45, 7) is 1.94. The van der Waals surface area contributed by atoms with Gasteiger partial charge < -0.3 is 0 Å². The molecule has 0 aromatic carbocycles. The topological polar surface area (TPSA) is 75.7 Å². The van der Waals surface area contributed by atoms with Crippen LogP contribution in [0.4, 0.5) is 0 Å². The van der Waals surface area contributed by atoms with E-state index in [4.69, 9.17) is 10.7 Å². The minimum atomic E-state index is -3.84. The molecule has 0 saturated heterocycles. The van der Waals surface area contributed by atoms with Gasteiger partial charge in [-0.15, -0.1) is 11.3 Å². The summed E-state index contributed by atoms with van der Waals surface area (Å²) in [5.41, 5.74) is 1.08. The highest BCUT2D eigenvalue weighted by Gasteiger charge is 2.17. The van der Waals surface area contributed by atoms with E-state index in [0.717, 1.165) is 10.4 Å². The van der Waals surface area contributed by atoms with Gasteiger partial charge in [0.25, 0.3) is 14.2 Å². The zero-order valence-corrected chi connectivity index (χ0v) is 9.95. The first-order chi connectivity index (χ1) is 6.97. The molecule has 15 heavy (non-hydrogen) atoms. The van der Waals surface area contributed by atoms with Gasteiger partial charge in [0.1, 0.15) is 0 Å². The molecule has 0 aliphatic rings. The zero-order chi connectivity index (χ0) is 11.1. The van der Waals surface area contributed by atoms with Gasteiger partial charge in [-0.3, -0.25) is 0 Å². The van der Waals surface area contributed by atoms with E-state index in [1.165, 1.54) is 11.3 Å². The largest absolute Gasteiger partial charge is 0.296 e. The van der Waals surface area contributed by atoms with Crippen molar-refractivity contribution in [2.75, 3.05) is 0 Å². The van der Waals surface area contributed by atoms with Crippen LogP contribution in [-0.4, -0.2) is 23.6 Å². The number of hydrogen-bond donors (Lipinski definition) is 1. The summed E-state index contributed by atoms with van der Waals surface area (Å²) in [5.74, 6) is 0.340. The van der Waals surface area contributed by atoms with Crippen LogP contribution in [0.2, 0.25) is 0 Å². The first kappa shape index (κ1) is 10.6. The van der Waals surface area contributed by atoms with E-state index in [2.05, 4.69) is 15.2 Å². The van der Waals surface area contributed by atoms with Crippen LogP contribution < -0.4 is 0 Å². The summed E-state index contributed by atoms with van der Waals surface area (Å²) in [5, 5.41) is 7.66. The lowest BCUT2D eigenvalue weighted by Crippen LogP contribution is -1.92. The van der Waals surface area contributed by atoms with Crippen molar-refractivity contribution < 1.29 is 8.42 Å². The Bertz CT molecular complexity index is 587. The molecule has 2 aromatic rings. The number of thiophene rings is 1. The van der Waals surface area contributed by atoms with Gasteiger partial charge in [0.2, 0.25) is 0 Å². The predicted octanol–water partition coefficient (Wildman–Crippen LogP) is 1.77. The lowest BCUT2D eigenvalue weighted by Gasteiger charge is -1.85. The van der Waals surface area contributed by atoms with E-state index in [0.29, 0.717) is 5.82 Å². The molecule has 0 radical (unpaired) electrons. The molecule has 0 spiro atoms. The minimum Gasteiger partial charge on any atom is -0.248 e. The predicted molar refractivity (Wildman–Crippen MR) is 57.5 cm³/mol. The molecule has 80 valence electrons. The molecule has 0 saturated carbocycles. The molecule has 8 heteroatoms. The van der Waals surface area contributed by atoms with Crippen LogP contribution in [0.5, 0.6) is 0 Å². The molecule has 2 rings (SSSR count). The fourth-order valence-electron chi connectivity index (χ4n) is 1.01. The normalized spacial score (nSPS) is 11.9. The molecule has 0 unspecified atom stereocenters. The number of rotatable bonds is 2. The fourth-order valence-corrected chi connectivity index (χ4v) is 2.40. The van der Waals surface area contributed by atoms with E-state index in [-0.39, 0.29) is 5.16 Å². The number of nitrogens with one attached hydrogen (secondary N) is 1. The Balaban J connectivity index is 2.44. The Morgan fingerprint density at radius 1 is 1.53 bits per heavy atom. The third kappa shape index (κ3) is 2.19. The molecule has 2 heterocycles. The molecule has 5 nitrogen and oxygen atoms in total. The quantitative estimate of drug-likeness (QED) is 0.838.